The van der Waals surface area contributed by atoms with Gasteiger partial charge in [0.2, 0.25) is 10.0 Å². The van der Waals surface area contributed by atoms with Crippen molar-refractivity contribution >= 4 is 27.8 Å². The Morgan fingerprint density at radius 1 is 1.25 bits per heavy atom. The summed E-state index contributed by atoms with van der Waals surface area (Å²) in [5.74, 6) is -1.08. The highest BCUT2D eigenvalue weighted by Gasteiger charge is 2.15. The highest BCUT2D eigenvalue weighted by Crippen LogP contribution is 2.31. The second-order valence-electron chi connectivity index (χ2n) is 3.78. The van der Waals surface area contributed by atoms with Gasteiger partial charge in [-0.25, -0.2) is 23.3 Å². The molecule has 0 saturated carbocycles. The van der Waals surface area contributed by atoms with Crippen LogP contribution < -0.4 is 5.14 Å². The molecule has 20 heavy (non-hydrogen) atoms. The SMILES string of the molecule is NS(=O)(=O)c1ccccc1Sc1cc(C(=O)O)ccn1. The standard InChI is InChI=1S/C12H10N2O4S2/c13-20(17,18)10-4-2-1-3-9(10)19-11-7-8(12(15)16)5-6-14-11/h1-7H,(H,15,16)(H2,13,17,18). The lowest BCUT2D eigenvalue weighted by atomic mass is 10.3. The van der Waals surface area contributed by atoms with Gasteiger partial charge >= 0.3 is 5.97 Å². The third kappa shape index (κ3) is 3.35. The van der Waals surface area contributed by atoms with Gasteiger partial charge in [0, 0.05) is 11.1 Å². The van der Waals surface area contributed by atoms with Crippen LogP contribution in [-0.4, -0.2) is 24.5 Å². The van der Waals surface area contributed by atoms with Gasteiger partial charge < -0.3 is 5.11 Å². The predicted octanol–water partition coefficient (Wildman–Crippen LogP) is 1.58. The molecule has 2 rings (SSSR count). The topological polar surface area (TPSA) is 110 Å². The van der Waals surface area contributed by atoms with Crippen molar-refractivity contribution in [1.29, 1.82) is 0 Å². The minimum absolute atomic E-state index is 0.0208. The van der Waals surface area contributed by atoms with Crippen molar-refractivity contribution in [2.75, 3.05) is 0 Å². The van der Waals surface area contributed by atoms with E-state index in [4.69, 9.17) is 10.2 Å². The summed E-state index contributed by atoms with van der Waals surface area (Å²) in [4.78, 5) is 15.3. The molecule has 0 atom stereocenters. The van der Waals surface area contributed by atoms with Gasteiger partial charge in [0.05, 0.1) is 10.5 Å². The van der Waals surface area contributed by atoms with Gasteiger partial charge in [-0.3, -0.25) is 0 Å². The fourth-order valence-corrected chi connectivity index (χ4v) is 3.41. The van der Waals surface area contributed by atoms with Gasteiger partial charge in [-0.1, -0.05) is 23.9 Å². The van der Waals surface area contributed by atoms with Crippen LogP contribution in [0.4, 0.5) is 0 Å². The van der Waals surface area contributed by atoms with Crippen LogP contribution in [0.1, 0.15) is 10.4 Å². The average molecular weight is 310 g/mol. The van der Waals surface area contributed by atoms with Gasteiger partial charge in [0.1, 0.15) is 5.03 Å². The summed E-state index contributed by atoms with van der Waals surface area (Å²) in [7, 11) is -3.84. The summed E-state index contributed by atoms with van der Waals surface area (Å²) in [6, 6.07) is 8.92. The lowest BCUT2D eigenvalue weighted by molar-refractivity contribution is 0.0696. The third-order valence-electron chi connectivity index (χ3n) is 2.35. The van der Waals surface area contributed by atoms with Gasteiger partial charge in [-0.05, 0) is 24.3 Å². The van der Waals surface area contributed by atoms with Crippen LogP contribution in [0.15, 0.2) is 57.4 Å². The van der Waals surface area contributed by atoms with Crippen molar-refractivity contribution in [2.24, 2.45) is 5.14 Å². The number of aromatic carboxylic acids is 1. The van der Waals surface area contributed by atoms with E-state index in [9.17, 15) is 13.2 Å². The summed E-state index contributed by atoms with van der Waals surface area (Å²) in [5, 5.41) is 14.4. The van der Waals surface area contributed by atoms with Gasteiger partial charge in [-0.2, -0.15) is 0 Å². The highest BCUT2D eigenvalue weighted by molar-refractivity contribution is 8.00. The first-order chi connectivity index (χ1) is 9.38. The zero-order valence-electron chi connectivity index (χ0n) is 10.1. The van der Waals surface area contributed by atoms with Crippen molar-refractivity contribution in [1.82, 2.24) is 4.98 Å². The van der Waals surface area contributed by atoms with Crippen LogP contribution >= 0.6 is 11.8 Å². The number of benzene rings is 1. The lowest BCUT2D eigenvalue weighted by Crippen LogP contribution is -2.13. The molecule has 1 aromatic carbocycles. The summed E-state index contributed by atoms with van der Waals surface area (Å²) < 4.78 is 22.9. The molecule has 0 bridgehead atoms. The summed E-state index contributed by atoms with van der Waals surface area (Å²) in [6.07, 6.45) is 1.35. The van der Waals surface area contributed by atoms with E-state index in [0.717, 1.165) is 11.8 Å². The maximum absolute atomic E-state index is 11.5. The summed E-state index contributed by atoms with van der Waals surface area (Å²) in [5.41, 5.74) is 0.0792. The molecular formula is C12H10N2O4S2. The van der Waals surface area contributed by atoms with Crippen molar-refractivity contribution in [3.63, 3.8) is 0 Å². The number of hydrogen-bond acceptors (Lipinski definition) is 5. The van der Waals surface area contributed by atoms with E-state index in [1.165, 1.54) is 24.4 Å². The molecule has 0 fully saturated rings. The van der Waals surface area contributed by atoms with Gasteiger partial charge in [-0.15, -0.1) is 0 Å². The molecule has 0 aliphatic carbocycles. The Morgan fingerprint density at radius 3 is 2.60 bits per heavy atom. The molecule has 2 aromatic rings. The molecule has 6 nitrogen and oxygen atoms in total. The van der Waals surface area contributed by atoms with Crippen LogP contribution in [0.3, 0.4) is 0 Å². The van der Waals surface area contributed by atoms with Crippen LogP contribution in [0.2, 0.25) is 0 Å². The van der Waals surface area contributed by atoms with E-state index in [2.05, 4.69) is 4.98 Å². The number of hydrogen-bond donors (Lipinski definition) is 2. The second-order valence-corrected chi connectivity index (χ2v) is 6.37. The first-order valence-electron chi connectivity index (χ1n) is 5.37. The van der Waals surface area contributed by atoms with E-state index in [1.807, 2.05) is 0 Å². The van der Waals surface area contributed by atoms with Crippen molar-refractivity contribution in [3.8, 4) is 0 Å². The Bertz CT molecular complexity index is 760. The number of rotatable bonds is 4. The van der Waals surface area contributed by atoms with Crippen molar-refractivity contribution < 1.29 is 18.3 Å². The number of nitrogens with two attached hydrogens (primary N) is 1. The van der Waals surface area contributed by atoms with E-state index in [-0.39, 0.29) is 10.5 Å². The number of carboxylic acid groups (broad SMARTS) is 1. The van der Waals surface area contributed by atoms with E-state index < -0.39 is 16.0 Å². The number of carbonyl (C=O) groups is 1. The molecule has 104 valence electrons. The fraction of sp³-hybridized carbons (Fsp3) is 0. The van der Waals surface area contributed by atoms with Crippen LogP contribution in [0, 0.1) is 0 Å². The molecule has 0 spiro atoms. The lowest BCUT2D eigenvalue weighted by Gasteiger charge is -2.06. The molecule has 0 saturated heterocycles. The predicted molar refractivity (Wildman–Crippen MR) is 73.1 cm³/mol. The molecule has 1 aromatic heterocycles. The first-order valence-corrected chi connectivity index (χ1v) is 7.73. The molecule has 0 aliphatic rings. The van der Waals surface area contributed by atoms with E-state index in [0.29, 0.717) is 9.92 Å². The maximum atomic E-state index is 11.5. The van der Waals surface area contributed by atoms with Crippen molar-refractivity contribution in [2.45, 2.75) is 14.8 Å². The zero-order chi connectivity index (χ0) is 14.8. The minimum Gasteiger partial charge on any atom is -0.478 e. The second kappa shape index (κ2) is 5.61. The smallest absolute Gasteiger partial charge is 0.335 e. The molecular weight excluding hydrogens is 300 g/mol. The Morgan fingerprint density at radius 2 is 1.95 bits per heavy atom. The number of pyridine rings is 1. The Kier molecular flexibility index (Phi) is 4.07. The normalized spacial score (nSPS) is 11.2. The Labute approximate surface area is 119 Å². The Balaban J connectivity index is 2.41. The van der Waals surface area contributed by atoms with Crippen LogP contribution in [0.5, 0.6) is 0 Å². The average Bonchev–Trinajstić information content (AvgIpc) is 2.38. The van der Waals surface area contributed by atoms with Crippen molar-refractivity contribution in [3.05, 3.63) is 48.2 Å². The van der Waals surface area contributed by atoms with Gasteiger partial charge in [0.25, 0.3) is 0 Å². The number of sulfonamides is 1. The van der Waals surface area contributed by atoms with Crippen LogP contribution in [-0.2, 0) is 10.0 Å². The number of primary sulfonamides is 1. The van der Waals surface area contributed by atoms with E-state index >= 15 is 0 Å². The fourth-order valence-electron chi connectivity index (χ4n) is 1.48. The van der Waals surface area contributed by atoms with Crippen LogP contribution in [0.25, 0.3) is 0 Å². The quantitative estimate of drug-likeness (QED) is 0.887. The largest absolute Gasteiger partial charge is 0.478 e. The first kappa shape index (κ1) is 14.5. The molecule has 0 amide bonds. The number of carboxylic acids is 1. The number of aromatic nitrogens is 1. The summed E-state index contributed by atoms with van der Waals surface area (Å²) in [6.45, 7) is 0. The maximum Gasteiger partial charge on any atom is 0.335 e. The molecule has 3 N–H and O–H groups in total. The third-order valence-corrected chi connectivity index (χ3v) is 4.46. The van der Waals surface area contributed by atoms with E-state index in [1.54, 1.807) is 18.2 Å². The number of nitrogens with zero attached hydrogens (tertiary/aromatic N) is 1. The molecule has 0 aliphatic heterocycles. The summed E-state index contributed by atoms with van der Waals surface area (Å²) >= 11 is 1.04. The molecule has 1 heterocycles. The monoisotopic (exact) mass is 310 g/mol. The minimum atomic E-state index is -3.84. The molecule has 8 heteroatoms. The zero-order valence-corrected chi connectivity index (χ0v) is 11.7. The Hall–Kier alpha value is -1.90. The molecule has 0 radical (unpaired) electrons. The van der Waals surface area contributed by atoms with Gasteiger partial charge in [0.15, 0.2) is 0 Å². The molecule has 0 unspecified atom stereocenters. The highest BCUT2D eigenvalue weighted by atomic mass is 32.2.